The van der Waals surface area contributed by atoms with Crippen LogP contribution in [0.5, 0.6) is 0 Å². The van der Waals surface area contributed by atoms with Crippen molar-refractivity contribution in [2.75, 3.05) is 6.54 Å². The van der Waals surface area contributed by atoms with Crippen molar-refractivity contribution in [3.63, 3.8) is 0 Å². The van der Waals surface area contributed by atoms with E-state index in [-0.39, 0.29) is 34.9 Å². The minimum absolute atomic E-state index is 0.0475. The third-order valence-corrected chi connectivity index (χ3v) is 5.27. The Balaban J connectivity index is 2.04. The van der Waals surface area contributed by atoms with E-state index >= 15 is 0 Å². The molecule has 154 valence electrons. The van der Waals surface area contributed by atoms with Crippen molar-refractivity contribution in [2.24, 2.45) is 5.92 Å². The molecule has 28 heavy (non-hydrogen) atoms. The summed E-state index contributed by atoms with van der Waals surface area (Å²) in [6, 6.07) is 3.29. The van der Waals surface area contributed by atoms with Crippen LogP contribution < -0.4 is 16.0 Å². The van der Waals surface area contributed by atoms with E-state index in [0.717, 1.165) is 25.3 Å². The second-order valence-corrected chi connectivity index (χ2v) is 7.94. The normalized spacial score (nSPS) is 16.6. The molecule has 1 fully saturated rings. The predicted molar refractivity (Wildman–Crippen MR) is 106 cm³/mol. The van der Waals surface area contributed by atoms with Crippen LogP contribution in [0, 0.1) is 11.7 Å². The number of amides is 3. The van der Waals surface area contributed by atoms with Gasteiger partial charge in [0.05, 0.1) is 10.6 Å². The lowest BCUT2D eigenvalue weighted by atomic mass is 9.94. The molecular formula is C20H27ClFN3O3. The fourth-order valence-electron chi connectivity index (χ4n) is 3.18. The summed E-state index contributed by atoms with van der Waals surface area (Å²) in [6.07, 6.45) is 3.15. The van der Waals surface area contributed by atoms with E-state index in [2.05, 4.69) is 16.0 Å². The lowest BCUT2D eigenvalue weighted by Crippen LogP contribution is -2.57. The summed E-state index contributed by atoms with van der Waals surface area (Å²) >= 11 is 5.67. The molecule has 1 aliphatic carbocycles. The molecule has 0 radical (unpaired) electrons. The highest BCUT2D eigenvalue weighted by molar-refractivity contribution is 6.30. The first kappa shape index (κ1) is 22.1. The van der Waals surface area contributed by atoms with Crippen LogP contribution in [0.2, 0.25) is 5.02 Å². The molecule has 0 aliphatic heterocycles. The molecule has 0 spiro atoms. The van der Waals surface area contributed by atoms with Gasteiger partial charge >= 0.3 is 0 Å². The first-order valence-electron chi connectivity index (χ1n) is 9.48. The second kappa shape index (κ2) is 9.37. The summed E-state index contributed by atoms with van der Waals surface area (Å²) < 4.78 is 13.7. The number of carbonyl (C=O) groups is 3. The lowest BCUT2D eigenvalue weighted by Gasteiger charge is -2.32. The van der Waals surface area contributed by atoms with E-state index in [9.17, 15) is 18.8 Å². The predicted octanol–water partition coefficient (Wildman–Crippen LogP) is 2.80. The van der Waals surface area contributed by atoms with Crippen LogP contribution in [-0.2, 0) is 9.59 Å². The molecule has 2 atom stereocenters. The van der Waals surface area contributed by atoms with Gasteiger partial charge in [-0.05, 0) is 50.3 Å². The van der Waals surface area contributed by atoms with Crippen LogP contribution in [0.4, 0.5) is 4.39 Å². The summed E-state index contributed by atoms with van der Waals surface area (Å²) in [5.41, 5.74) is -0.502. The SMILES string of the molecule is CCCC(NC(C)=O)C(=O)NCC(C)(NC(=O)c1ccc(Cl)c(F)c1)C1CC1. The molecule has 0 saturated heterocycles. The maximum absolute atomic E-state index is 13.7. The van der Waals surface area contributed by atoms with Gasteiger partial charge in [0, 0.05) is 19.0 Å². The average Bonchev–Trinajstić information content (AvgIpc) is 3.47. The van der Waals surface area contributed by atoms with Gasteiger partial charge in [-0.2, -0.15) is 0 Å². The number of rotatable bonds is 9. The minimum Gasteiger partial charge on any atom is -0.352 e. The Morgan fingerprint density at radius 1 is 1.32 bits per heavy atom. The zero-order chi connectivity index (χ0) is 20.9. The molecule has 2 unspecified atom stereocenters. The maximum atomic E-state index is 13.7. The molecule has 0 bridgehead atoms. The molecule has 3 N–H and O–H groups in total. The summed E-state index contributed by atoms with van der Waals surface area (Å²) in [7, 11) is 0. The fraction of sp³-hybridized carbons (Fsp3) is 0.550. The first-order valence-corrected chi connectivity index (χ1v) is 9.86. The Hall–Kier alpha value is -2.15. The van der Waals surface area contributed by atoms with Crippen molar-refractivity contribution >= 4 is 29.3 Å². The number of carbonyl (C=O) groups excluding carboxylic acids is 3. The highest BCUT2D eigenvalue weighted by atomic mass is 35.5. The van der Waals surface area contributed by atoms with Crippen LogP contribution in [-0.4, -0.2) is 35.8 Å². The quantitative estimate of drug-likeness (QED) is 0.584. The van der Waals surface area contributed by atoms with E-state index in [4.69, 9.17) is 11.6 Å². The van der Waals surface area contributed by atoms with Gasteiger partial charge in [0.1, 0.15) is 11.9 Å². The highest BCUT2D eigenvalue weighted by Gasteiger charge is 2.43. The third-order valence-electron chi connectivity index (χ3n) is 4.96. The van der Waals surface area contributed by atoms with Crippen molar-refractivity contribution in [1.82, 2.24) is 16.0 Å². The smallest absolute Gasteiger partial charge is 0.251 e. The van der Waals surface area contributed by atoms with Gasteiger partial charge in [0.25, 0.3) is 5.91 Å². The standard InChI is InChI=1S/C20H27ClFN3O3/c1-4-5-17(24-12(2)26)19(28)23-11-20(3,14-7-8-14)25-18(27)13-6-9-15(21)16(22)10-13/h6,9-10,14,17H,4-5,7-8,11H2,1-3H3,(H,23,28)(H,24,26)(H,25,27). The molecule has 1 aromatic carbocycles. The van der Waals surface area contributed by atoms with Crippen molar-refractivity contribution in [3.05, 3.63) is 34.6 Å². The molecule has 0 aromatic heterocycles. The van der Waals surface area contributed by atoms with Gasteiger partial charge in [-0.1, -0.05) is 24.9 Å². The van der Waals surface area contributed by atoms with E-state index in [1.807, 2.05) is 13.8 Å². The number of hydrogen-bond acceptors (Lipinski definition) is 3. The summed E-state index contributed by atoms with van der Waals surface area (Å²) in [5.74, 6) is -1.41. The van der Waals surface area contributed by atoms with Crippen LogP contribution in [0.25, 0.3) is 0 Å². The van der Waals surface area contributed by atoms with Gasteiger partial charge in [-0.3, -0.25) is 14.4 Å². The van der Waals surface area contributed by atoms with Crippen LogP contribution in [0.3, 0.4) is 0 Å². The first-order chi connectivity index (χ1) is 13.2. The summed E-state index contributed by atoms with van der Waals surface area (Å²) in [6.45, 7) is 5.39. The van der Waals surface area contributed by atoms with Gasteiger partial charge in [-0.25, -0.2) is 4.39 Å². The number of benzene rings is 1. The van der Waals surface area contributed by atoms with Crippen molar-refractivity contribution in [2.45, 2.75) is 58.0 Å². The molecule has 1 saturated carbocycles. The average molecular weight is 412 g/mol. The van der Waals surface area contributed by atoms with Gasteiger partial charge in [0.15, 0.2) is 0 Å². The van der Waals surface area contributed by atoms with E-state index in [1.165, 1.54) is 19.1 Å². The molecular weight excluding hydrogens is 385 g/mol. The third kappa shape index (κ3) is 5.92. The number of halogens is 2. The maximum Gasteiger partial charge on any atom is 0.251 e. The van der Waals surface area contributed by atoms with E-state index in [0.29, 0.717) is 6.42 Å². The topological polar surface area (TPSA) is 87.3 Å². The summed E-state index contributed by atoms with van der Waals surface area (Å²) in [5, 5.41) is 8.38. The minimum atomic E-state index is -0.671. The Labute approximate surface area is 169 Å². The van der Waals surface area contributed by atoms with E-state index < -0.39 is 23.3 Å². The second-order valence-electron chi connectivity index (χ2n) is 7.53. The molecule has 6 nitrogen and oxygen atoms in total. The fourth-order valence-corrected chi connectivity index (χ4v) is 3.29. The van der Waals surface area contributed by atoms with Crippen LogP contribution >= 0.6 is 11.6 Å². The van der Waals surface area contributed by atoms with Crippen molar-refractivity contribution in [1.29, 1.82) is 0 Å². The lowest BCUT2D eigenvalue weighted by molar-refractivity contribution is -0.128. The number of hydrogen-bond donors (Lipinski definition) is 3. The Bertz CT molecular complexity index is 754. The Kier molecular flexibility index (Phi) is 7.41. The van der Waals surface area contributed by atoms with Crippen molar-refractivity contribution in [3.8, 4) is 0 Å². The largest absolute Gasteiger partial charge is 0.352 e. The summed E-state index contributed by atoms with van der Waals surface area (Å²) in [4.78, 5) is 36.4. The molecule has 2 rings (SSSR count). The van der Waals surface area contributed by atoms with Crippen LogP contribution in [0.15, 0.2) is 18.2 Å². The molecule has 3 amide bonds. The molecule has 8 heteroatoms. The van der Waals surface area contributed by atoms with E-state index in [1.54, 1.807) is 0 Å². The molecule has 1 aliphatic rings. The Morgan fingerprint density at radius 3 is 2.54 bits per heavy atom. The molecule has 0 heterocycles. The monoisotopic (exact) mass is 411 g/mol. The van der Waals surface area contributed by atoms with Gasteiger partial charge in [-0.15, -0.1) is 0 Å². The van der Waals surface area contributed by atoms with Crippen molar-refractivity contribution < 1.29 is 18.8 Å². The number of nitrogens with one attached hydrogen (secondary N) is 3. The highest BCUT2D eigenvalue weighted by Crippen LogP contribution is 2.39. The van der Waals surface area contributed by atoms with Gasteiger partial charge in [0.2, 0.25) is 11.8 Å². The van der Waals surface area contributed by atoms with Crippen LogP contribution in [0.1, 0.15) is 56.8 Å². The van der Waals surface area contributed by atoms with Gasteiger partial charge < -0.3 is 16.0 Å². The Morgan fingerprint density at radius 2 is 2.00 bits per heavy atom. The molecule has 1 aromatic rings. The zero-order valence-corrected chi connectivity index (χ0v) is 17.2. The zero-order valence-electron chi connectivity index (χ0n) is 16.4.